The highest BCUT2D eigenvalue weighted by atomic mass is 35.5. The van der Waals surface area contributed by atoms with Crippen molar-refractivity contribution in [3.8, 4) is 0 Å². The van der Waals surface area contributed by atoms with Gasteiger partial charge in [0.15, 0.2) is 0 Å². The summed E-state index contributed by atoms with van der Waals surface area (Å²) in [5, 5.41) is 13.9. The lowest BCUT2D eigenvalue weighted by Crippen LogP contribution is -2.21. The Morgan fingerprint density at radius 3 is 2.53 bits per heavy atom. The molecule has 0 fully saturated rings. The molecule has 0 bridgehead atoms. The van der Waals surface area contributed by atoms with Crippen LogP contribution in [0.15, 0.2) is 0 Å². The second-order valence-corrected chi connectivity index (χ2v) is 5.47. The number of halogens is 1. The first-order valence-electron chi connectivity index (χ1n) is 5.69. The number of aryl methyl sites for hydroxylation is 2. The lowest BCUT2D eigenvalue weighted by Gasteiger charge is -2.22. The van der Waals surface area contributed by atoms with Crippen LogP contribution in [0.1, 0.15) is 38.6 Å². The van der Waals surface area contributed by atoms with Gasteiger partial charge in [0.25, 0.3) is 0 Å². The number of hydrogen-bond acceptors (Lipinski definition) is 2. The van der Waals surface area contributed by atoms with E-state index in [-0.39, 0.29) is 11.8 Å². The maximum atomic E-state index is 10.8. The Labute approximate surface area is 107 Å². The van der Waals surface area contributed by atoms with Gasteiger partial charge in [-0.05, 0) is 18.3 Å². The average Bonchev–Trinajstić information content (AvgIpc) is 2.42. The third kappa shape index (κ3) is 3.46. The summed E-state index contributed by atoms with van der Waals surface area (Å²) in [5.74, 6) is -0.788. The molecular formula is C12H19ClN2O2. The van der Waals surface area contributed by atoms with E-state index in [0.29, 0.717) is 11.4 Å². The van der Waals surface area contributed by atoms with Crippen molar-refractivity contribution in [1.82, 2.24) is 9.78 Å². The van der Waals surface area contributed by atoms with Gasteiger partial charge < -0.3 is 5.11 Å². The molecule has 0 unspecified atom stereocenters. The summed E-state index contributed by atoms with van der Waals surface area (Å²) in [7, 11) is 1.84. The van der Waals surface area contributed by atoms with Gasteiger partial charge in [-0.1, -0.05) is 32.4 Å². The first-order valence-corrected chi connectivity index (χ1v) is 6.06. The van der Waals surface area contributed by atoms with Crippen molar-refractivity contribution in [3.63, 3.8) is 0 Å². The molecule has 0 saturated carbocycles. The molecule has 5 heteroatoms. The monoisotopic (exact) mass is 258 g/mol. The molecule has 1 heterocycles. The Hall–Kier alpha value is -1.03. The minimum Gasteiger partial charge on any atom is -0.481 e. The van der Waals surface area contributed by atoms with E-state index in [4.69, 9.17) is 16.7 Å². The average molecular weight is 259 g/mol. The Balaban J connectivity index is 2.95. The Kier molecular flexibility index (Phi) is 4.20. The molecular weight excluding hydrogens is 240 g/mol. The van der Waals surface area contributed by atoms with Gasteiger partial charge in [-0.25, -0.2) is 0 Å². The summed E-state index contributed by atoms with van der Waals surface area (Å²) in [5.41, 5.74) is 1.46. The topological polar surface area (TPSA) is 55.1 Å². The van der Waals surface area contributed by atoms with Gasteiger partial charge in [0.1, 0.15) is 0 Å². The van der Waals surface area contributed by atoms with Crippen LogP contribution < -0.4 is 0 Å². The zero-order valence-corrected chi connectivity index (χ0v) is 11.5. The van der Waals surface area contributed by atoms with Gasteiger partial charge in [-0.3, -0.25) is 9.48 Å². The fourth-order valence-corrected chi connectivity index (χ4v) is 2.30. The lowest BCUT2D eigenvalue weighted by atomic mass is 9.84. The molecule has 0 aliphatic rings. The first kappa shape index (κ1) is 14.0. The molecule has 0 aliphatic heterocycles. The lowest BCUT2D eigenvalue weighted by molar-refractivity contribution is -0.139. The highest BCUT2D eigenvalue weighted by Crippen LogP contribution is 2.30. The third-order valence-corrected chi connectivity index (χ3v) is 3.22. The minimum atomic E-state index is -0.788. The molecule has 1 N–H and O–H groups in total. The van der Waals surface area contributed by atoms with Crippen LogP contribution in [-0.4, -0.2) is 20.9 Å². The first-order chi connectivity index (χ1) is 7.76. The Morgan fingerprint density at radius 2 is 2.12 bits per heavy atom. The van der Waals surface area contributed by atoms with Crippen molar-refractivity contribution < 1.29 is 9.90 Å². The summed E-state index contributed by atoms with van der Waals surface area (Å²) in [6, 6.07) is 0. The van der Waals surface area contributed by atoms with Gasteiger partial charge in [-0.2, -0.15) is 5.10 Å². The summed E-state index contributed by atoms with van der Waals surface area (Å²) in [4.78, 5) is 10.8. The van der Waals surface area contributed by atoms with E-state index in [1.807, 2.05) is 27.8 Å². The van der Waals surface area contributed by atoms with Crippen LogP contribution in [0.2, 0.25) is 5.02 Å². The van der Waals surface area contributed by atoms with E-state index in [9.17, 15) is 4.79 Å². The van der Waals surface area contributed by atoms with Gasteiger partial charge in [-0.15, -0.1) is 0 Å². The smallest absolute Gasteiger partial charge is 0.303 e. The van der Waals surface area contributed by atoms with E-state index < -0.39 is 5.97 Å². The van der Waals surface area contributed by atoms with Gasteiger partial charge in [0.05, 0.1) is 22.8 Å². The van der Waals surface area contributed by atoms with Crippen LogP contribution in [0, 0.1) is 5.41 Å². The molecule has 1 aromatic rings. The molecule has 0 atom stereocenters. The zero-order valence-electron chi connectivity index (χ0n) is 10.7. The quantitative estimate of drug-likeness (QED) is 0.883. The van der Waals surface area contributed by atoms with Crippen molar-refractivity contribution in [2.75, 3.05) is 0 Å². The Bertz CT molecular complexity index is 424. The second kappa shape index (κ2) is 5.08. The predicted molar refractivity (Wildman–Crippen MR) is 67.3 cm³/mol. The minimum absolute atomic E-state index is 0.121. The SMILES string of the molecule is CCc1nn(C)c(CC(C)(C)CC(=O)O)c1Cl. The highest BCUT2D eigenvalue weighted by Gasteiger charge is 2.26. The molecule has 17 heavy (non-hydrogen) atoms. The molecule has 0 amide bonds. The maximum Gasteiger partial charge on any atom is 0.303 e. The normalized spacial score (nSPS) is 11.8. The maximum absolute atomic E-state index is 10.8. The van der Waals surface area contributed by atoms with Gasteiger partial charge >= 0.3 is 5.97 Å². The molecule has 0 aliphatic carbocycles. The molecule has 4 nitrogen and oxygen atoms in total. The summed E-state index contributed by atoms with van der Waals surface area (Å²) in [6.45, 7) is 5.85. The van der Waals surface area contributed by atoms with Crippen LogP contribution in [0.25, 0.3) is 0 Å². The standard InChI is InChI=1S/C12H19ClN2O2/c1-5-8-11(13)9(15(4)14-8)6-12(2,3)7-10(16)17/h5-7H2,1-4H3,(H,16,17). The highest BCUT2D eigenvalue weighted by molar-refractivity contribution is 6.31. The summed E-state index contributed by atoms with van der Waals surface area (Å²) < 4.78 is 1.75. The third-order valence-electron chi connectivity index (χ3n) is 2.78. The molecule has 0 aromatic carbocycles. The van der Waals surface area contributed by atoms with Crippen molar-refractivity contribution in [2.24, 2.45) is 12.5 Å². The molecule has 0 radical (unpaired) electrons. The molecule has 0 spiro atoms. The number of carboxylic acid groups (broad SMARTS) is 1. The van der Waals surface area contributed by atoms with Crippen molar-refractivity contribution in [1.29, 1.82) is 0 Å². The fraction of sp³-hybridized carbons (Fsp3) is 0.667. The van der Waals surface area contributed by atoms with E-state index in [1.54, 1.807) is 4.68 Å². The van der Waals surface area contributed by atoms with Crippen LogP contribution in [-0.2, 0) is 24.7 Å². The largest absolute Gasteiger partial charge is 0.481 e. The van der Waals surface area contributed by atoms with E-state index >= 15 is 0 Å². The number of nitrogens with zero attached hydrogens (tertiary/aromatic N) is 2. The van der Waals surface area contributed by atoms with E-state index in [2.05, 4.69) is 5.10 Å². The molecule has 0 saturated heterocycles. The number of carbonyl (C=O) groups is 1. The van der Waals surface area contributed by atoms with Gasteiger partial charge in [0, 0.05) is 7.05 Å². The zero-order chi connectivity index (χ0) is 13.2. The van der Waals surface area contributed by atoms with Crippen molar-refractivity contribution in [2.45, 2.75) is 40.0 Å². The van der Waals surface area contributed by atoms with Crippen LogP contribution >= 0.6 is 11.6 Å². The van der Waals surface area contributed by atoms with Crippen LogP contribution in [0.5, 0.6) is 0 Å². The van der Waals surface area contributed by atoms with Gasteiger partial charge in [0.2, 0.25) is 0 Å². The second-order valence-electron chi connectivity index (χ2n) is 5.10. The summed E-state index contributed by atoms with van der Waals surface area (Å²) >= 11 is 6.24. The van der Waals surface area contributed by atoms with Crippen molar-refractivity contribution >= 4 is 17.6 Å². The number of aromatic nitrogens is 2. The number of hydrogen-bond donors (Lipinski definition) is 1. The molecule has 96 valence electrons. The van der Waals surface area contributed by atoms with Crippen LogP contribution in [0.4, 0.5) is 0 Å². The number of rotatable bonds is 5. The fourth-order valence-electron chi connectivity index (χ4n) is 1.94. The number of carboxylic acids is 1. The van der Waals surface area contributed by atoms with E-state index in [0.717, 1.165) is 17.8 Å². The van der Waals surface area contributed by atoms with Crippen LogP contribution in [0.3, 0.4) is 0 Å². The van der Waals surface area contributed by atoms with E-state index in [1.165, 1.54) is 0 Å². The van der Waals surface area contributed by atoms with Crippen molar-refractivity contribution in [3.05, 3.63) is 16.4 Å². The molecule has 1 rings (SSSR count). The predicted octanol–water partition coefficient (Wildman–Crippen LogP) is 2.68. The molecule has 1 aromatic heterocycles. The number of aliphatic carboxylic acids is 1. The summed E-state index contributed by atoms with van der Waals surface area (Å²) in [6.07, 6.45) is 1.52. The Morgan fingerprint density at radius 1 is 1.53 bits per heavy atom.